The van der Waals surface area contributed by atoms with Crippen molar-refractivity contribution in [1.82, 2.24) is 20.1 Å². The molecule has 4 aromatic rings. The number of pyridine rings is 1. The van der Waals surface area contributed by atoms with E-state index in [1.807, 2.05) is 37.3 Å². The molecule has 0 spiro atoms. The smallest absolute Gasteiger partial charge is 0.416 e. The molecule has 6 rings (SSSR count). The molecule has 0 bridgehead atoms. The normalized spacial score (nSPS) is 17.4. The third-order valence-corrected chi connectivity index (χ3v) is 12.0. The summed E-state index contributed by atoms with van der Waals surface area (Å²) in [5.41, 5.74) is 1.33. The average molecular weight is 723 g/mol. The Morgan fingerprint density at radius 1 is 0.980 bits per heavy atom. The van der Waals surface area contributed by atoms with E-state index >= 15 is 0 Å². The van der Waals surface area contributed by atoms with Crippen LogP contribution in [0, 0.1) is 0 Å². The van der Waals surface area contributed by atoms with Crippen LogP contribution in [0.15, 0.2) is 71.6 Å². The molecule has 1 unspecified atom stereocenters. The van der Waals surface area contributed by atoms with Crippen LogP contribution in [0.25, 0.3) is 22.2 Å². The Balaban J connectivity index is 1.54. The maximum atomic E-state index is 14.6. The molecule has 0 aliphatic carbocycles. The van der Waals surface area contributed by atoms with Crippen molar-refractivity contribution < 1.29 is 31.1 Å². The number of sulfone groups is 1. The van der Waals surface area contributed by atoms with Gasteiger partial charge in [-0.15, -0.1) is 0 Å². The Labute approximate surface area is 297 Å². The minimum absolute atomic E-state index is 0.0448. The van der Waals surface area contributed by atoms with Crippen LogP contribution in [-0.4, -0.2) is 74.2 Å². The Morgan fingerprint density at radius 3 is 2.33 bits per heavy atom. The molecule has 3 heterocycles. The third kappa shape index (κ3) is 8.08. The minimum atomic E-state index is -4.60. The first-order chi connectivity index (χ1) is 24.4. The molecule has 8 nitrogen and oxygen atoms in total. The molecular formula is C39H45F3N4O4S. The minimum Gasteiger partial charge on any atom is -0.495 e. The number of carbonyl (C=O) groups excluding carboxylic acids is 1. The number of ether oxygens (including phenoxy) is 1. The van der Waals surface area contributed by atoms with E-state index in [9.17, 15) is 26.4 Å². The van der Waals surface area contributed by atoms with E-state index in [1.54, 1.807) is 6.07 Å². The molecule has 272 valence electrons. The quantitative estimate of drug-likeness (QED) is 0.180. The zero-order valence-corrected chi connectivity index (χ0v) is 30.1. The highest BCUT2D eigenvalue weighted by Crippen LogP contribution is 2.39. The van der Waals surface area contributed by atoms with Crippen molar-refractivity contribution in [2.75, 3.05) is 39.0 Å². The molecule has 2 fully saturated rings. The van der Waals surface area contributed by atoms with Crippen LogP contribution >= 0.6 is 0 Å². The van der Waals surface area contributed by atoms with Crippen molar-refractivity contribution in [2.45, 2.75) is 75.7 Å². The first kappa shape index (κ1) is 36.8. The number of benzene rings is 3. The largest absolute Gasteiger partial charge is 0.495 e. The van der Waals surface area contributed by atoms with Crippen molar-refractivity contribution >= 4 is 26.6 Å². The van der Waals surface area contributed by atoms with Crippen LogP contribution in [0.2, 0.25) is 0 Å². The van der Waals surface area contributed by atoms with E-state index in [1.165, 1.54) is 51.5 Å². The van der Waals surface area contributed by atoms with Gasteiger partial charge in [-0.3, -0.25) is 9.69 Å². The summed E-state index contributed by atoms with van der Waals surface area (Å²) in [6.07, 6.45) is 0.920. The third-order valence-electron chi connectivity index (χ3n) is 10.3. The number of piperidine rings is 2. The van der Waals surface area contributed by atoms with Crippen molar-refractivity contribution in [1.29, 1.82) is 0 Å². The van der Waals surface area contributed by atoms with Gasteiger partial charge in [0.05, 0.1) is 41.2 Å². The van der Waals surface area contributed by atoms with Gasteiger partial charge in [0.2, 0.25) is 0 Å². The lowest BCUT2D eigenvalue weighted by Gasteiger charge is -2.40. The van der Waals surface area contributed by atoms with Crippen LogP contribution in [0.3, 0.4) is 0 Å². The molecule has 1 atom stereocenters. The monoisotopic (exact) mass is 722 g/mol. The van der Waals surface area contributed by atoms with Gasteiger partial charge in [-0.2, -0.15) is 13.2 Å². The molecule has 2 aliphatic rings. The summed E-state index contributed by atoms with van der Waals surface area (Å²) in [7, 11) is -2.46. The van der Waals surface area contributed by atoms with Crippen molar-refractivity contribution in [3.05, 3.63) is 89.0 Å². The second kappa shape index (κ2) is 15.3. The van der Waals surface area contributed by atoms with Gasteiger partial charge < -0.3 is 15.0 Å². The van der Waals surface area contributed by atoms with Crippen molar-refractivity contribution in [3.8, 4) is 17.0 Å². The Hall–Kier alpha value is -4.00. The first-order valence-corrected chi connectivity index (χ1v) is 19.3. The summed E-state index contributed by atoms with van der Waals surface area (Å²) in [4.78, 5) is 24.3. The van der Waals surface area contributed by atoms with Gasteiger partial charge in [0.15, 0.2) is 9.84 Å². The van der Waals surface area contributed by atoms with Crippen molar-refractivity contribution in [2.24, 2.45) is 0 Å². The molecular weight excluding hydrogens is 678 g/mol. The zero-order valence-electron chi connectivity index (χ0n) is 29.3. The van der Waals surface area contributed by atoms with E-state index in [0.29, 0.717) is 11.6 Å². The van der Waals surface area contributed by atoms with Crippen molar-refractivity contribution in [3.63, 3.8) is 0 Å². The second-order valence-electron chi connectivity index (χ2n) is 13.5. The summed E-state index contributed by atoms with van der Waals surface area (Å²) < 4.78 is 74.3. The van der Waals surface area contributed by atoms with Crippen LogP contribution in [-0.2, 0) is 22.6 Å². The maximum Gasteiger partial charge on any atom is 0.416 e. The van der Waals surface area contributed by atoms with Crippen LogP contribution in [0.1, 0.15) is 79.0 Å². The number of likely N-dealkylation sites (tertiary alicyclic amines) is 2. The van der Waals surface area contributed by atoms with Crippen LogP contribution in [0.5, 0.6) is 5.75 Å². The number of amides is 1. The standard InChI is InChI=1S/C39H45F3N4O4S/c1-4-51(48,49)35-23-31-33(24-34(35)50-3)44-37(28-14-11-15-29(22-28)39(40,41)42)32(36(31)38(47)43-26(2)27-12-7-5-8-13-27)25-45-20-16-30(17-21-45)46-18-9-6-10-19-46/h5,7-8,11-15,22-24,26,30H,4,6,9-10,16-21,25H2,1-3H3,(H,43,47). The molecule has 1 amide bonds. The molecule has 1 N–H and O–H groups in total. The summed E-state index contributed by atoms with van der Waals surface area (Å²) in [6, 6.07) is 17.3. The Bertz CT molecular complexity index is 1970. The van der Waals surface area contributed by atoms with Gasteiger partial charge in [-0.25, -0.2) is 13.4 Å². The number of rotatable bonds is 10. The number of carbonyl (C=O) groups is 1. The predicted octanol–water partition coefficient (Wildman–Crippen LogP) is 7.66. The van der Waals surface area contributed by atoms with E-state index in [2.05, 4.69) is 15.1 Å². The fourth-order valence-electron chi connectivity index (χ4n) is 7.41. The van der Waals surface area contributed by atoms with E-state index in [-0.39, 0.29) is 50.7 Å². The van der Waals surface area contributed by atoms with Crippen LogP contribution in [0.4, 0.5) is 13.2 Å². The number of methoxy groups -OCH3 is 1. The summed E-state index contributed by atoms with van der Waals surface area (Å²) >= 11 is 0. The fraction of sp³-hybridized carbons (Fsp3) is 0.436. The molecule has 0 radical (unpaired) electrons. The highest BCUT2D eigenvalue weighted by Gasteiger charge is 2.33. The number of nitrogens with one attached hydrogen (secondary N) is 1. The zero-order chi connectivity index (χ0) is 36.3. The average Bonchev–Trinajstić information content (AvgIpc) is 3.14. The number of nitrogens with zero attached hydrogens (tertiary/aromatic N) is 3. The lowest BCUT2D eigenvalue weighted by atomic mass is 9.93. The topological polar surface area (TPSA) is 91.8 Å². The highest BCUT2D eigenvalue weighted by molar-refractivity contribution is 7.91. The molecule has 2 saturated heterocycles. The van der Waals surface area contributed by atoms with Gasteiger partial charge in [0.1, 0.15) is 10.6 Å². The van der Waals surface area contributed by atoms with Gasteiger partial charge >= 0.3 is 6.18 Å². The number of fused-ring (bicyclic) bond motifs is 1. The van der Waals surface area contributed by atoms with Gasteiger partial charge in [0.25, 0.3) is 5.91 Å². The summed E-state index contributed by atoms with van der Waals surface area (Å²) in [6.45, 7) is 7.28. The number of hydrogen-bond donors (Lipinski definition) is 1. The number of hydrogen-bond acceptors (Lipinski definition) is 7. The molecule has 1 aromatic heterocycles. The number of aromatic nitrogens is 1. The summed E-state index contributed by atoms with van der Waals surface area (Å²) in [5.74, 6) is -0.630. The molecule has 0 saturated carbocycles. The SMILES string of the molecule is CCS(=O)(=O)c1cc2c(C(=O)NC(C)c3ccccc3)c(CN3CCC(N4CCCCC4)CC3)c(-c3cccc(C(F)(F)F)c3)nc2cc1OC. The Morgan fingerprint density at radius 2 is 1.69 bits per heavy atom. The highest BCUT2D eigenvalue weighted by atomic mass is 32.2. The van der Waals surface area contributed by atoms with Crippen LogP contribution < -0.4 is 10.1 Å². The Kier molecular flexibility index (Phi) is 11.0. The fourth-order valence-corrected chi connectivity index (χ4v) is 8.46. The van der Waals surface area contributed by atoms with E-state index in [0.717, 1.165) is 56.7 Å². The van der Waals surface area contributed by atoms with Gasteiger partial charge in [0, 0.05) is 35.2 Å². The first-order valence-electron chi connectivity index (χ1n) is 17.7. The summed E-state index contributed by atoms with van der Waals surface area (Å²) in [5, 5.41) is 3.38. The van der Waals surface area contributed by atoms with Gasteiger partial charge in [-0.05, 0) is 82.5 Å². The molecule has 51 heavy (non-hydrogen) atoms. The molecule has 12 heteroatoms. The maximum absolute atomic E-state index is 14.6. The predicted molar refractivity (Wildman–Crippen MR) is 193 cm³/mol. The van der Waals surface area contributed by atoms with E-state index < -0.39 is 33.5 Å². The second-order valence-corrected chi connectivity index (χ2v) is 15.8. The lowest BCUT2D eigenvalue weighted by Crippen LogP contribution is -2.46. The number of alkyl halides is 3. The molecule has 2 aliphatic heterocycles. The van der Waals surface area contributed by atoms with Gasteiger partial charge in [-0.1, -0.05) is 55.8 Å². The molecule has 3 aromatic carbocycles. The lowest BCUT2D eigenvalue weighted by molar-refractivity contribution is -0.137. The van der Waals surface area contributed by atoms with E-state index in [4.69, 9.17) is 9.72 Å². The number of halogens is 3.